The molecule has 0 aromatic heterocycles. The SMILES string of the molecule is C[C@H](O)[C@@H]1C[C@@H]1c1cccc(C(F)(F)F)c1. The van der Waals surface area contributed by atoms with Crippen LogP contribution in [0.15, 0.2) is 24.3 Å². The van der Waals surface area contributed by atoms with Crippen molar-refractivity contribution in [1.29, 1.82) is 0 Å². The van der Waals surface area contributed by atoms with Gasteiger partial charge in [0.05, 0.1) is 11.7 Å². The van der Waals surface area contributed by atoms with E-state index in [2.05, 4.69) is 0 Å². The number of aliphatic hydroxyl groups excluding tert-OH is 1. The first kappa shape index (κ1) is 11.5. The van der Waals surface area contributed by atoms with Gasteiger partial charge in [0, 0.05) is 0 Å². The minimum atomic E-state index is -4.29. The second-order valence-electron chi connectivity index (χ2n) is 4.37. The molecule has 0 radical (unpaired) electrons. The Labute approximate surface area is 91.9 Å². The number of alkyl halides is 3. The molecule has 1 aromatic rings. The molecule has 1 fully saturated rings. The average Bonchev–Trinajstić information content (AvgIpc) is 2.96. The lowest BCUT2D eigenvalue weighted by atomic mass is 10.0. The molecule has 1 nitrogen and oxygen atoms in total. The van der Waals surface area contributed by atoms with Crippen molar-refractivity contribution in [1.82, 2.24) is 0 Å². The quantitative estimate of drug-likeness (QED) is 0.827. The second kappa shape index (κ2) is 3.77. The smallest absolute Gasteiger partial charge is 0.393 e. The van der Waals surface area contributed by atoms with Gasteiger partial charge in [-0.1, -0.05) is 18.2 Å². The van der Waals surface area contributed by atoms with Crippen LogP contribution in [0.3, 0.4) is 0 Å². The largest absolute Gasteiger partial charge is 0.416 e. The Morgan fingerprint density at radius 3 is 2.56 bits per heavy atom. The van der Waals surface area contributed by atoms with Gasteiger partial charge in [-0.3, -0.25) is 0 Å². The predicted octanol–water partition coefficient (Wildman–Crippen LogP) is 3.19. The highest BCUT2D eigenvalue weighted by atomic mass is 19.4. The summed E-state index contributed by atoms with van der Waals surface area (Å²) in [6.07, 6.45) is -3.95. The second-order valence-corrected chi connectivity index (χ2v) is 4.37. The van der Waals surface area contributed by atoms with E-state index in [1.807, 2.05) is 0 Å². The number of hydrogen-bond donors (Lipinski definition) is 1. The van der Waals surface area contributed by atoms with Crippen molar-refractivity contribution >= 4 is 0 Å². The van der Waals surface area contributed by atoms with Gasteiger partial charge >= 0.3 is 6.18 Å². The van der Waals surface area contributed by atoms with Gasteiger partial charge in [-0.2, -0.15) is 13.2 Å². The van der Waals surface area contributed by atoms with Gasteiger partial charge in [-0.25, -0.2) is 0 Å². The van der Waals surface area contributed by atoms with Crippen molar-refractivity contribution in [3.63, 3.8) is 0 Å². The van der Waals surface area contributed by atoms with Gasteiger partial charge < -0.3 is 5.11 Å². The molecule has 0 heterocycles. The Bertz CT molecular complexity index is 384. The number of halogens is 3. The summed E-state index contributed by atoms with van der Waals surface area (Å²) in [5, 5.41) is 9.33. The standard InChI is InChI=1S/C12H13F3O/c1-7(16)10-6-11(10)8-3-2-4-9(5-8)12(13,14)15/h2-5,7,10-11,16H,6H2,1H3/t7-,10-,11+/m0/s1. The van der Waals surface area contributed by atoms with Crippen LogP contribution in [0.5, 0.6) is 0 Å². The first-order chi connectivity index (χ1) is 7.39. The maximum atomic E-state index is 12.5. The highest BCUT2D eigenvalue weighted by Crippen LogP contribution is 2.50. The van der Waals surface area contributed by atoms with Crippen LogP contribution in [-0.2, 0) is 6.18 Å². The summed E-state index contributed by atoms with van der Waals surface area (Å²) in [6.45, 7) is 1.68. The lowest BCUT2D eigenvalue weighted by Crippen LogP contribution is -2.06. The van der Waals surface area contributed by atoms with E-state index >= 15 is 0 Å². The third-order valence-corrected chi connectivity index (χ3v) is 3.10. The van der Waals surface area contributed by atoms with E-state index in [-0.39, 0.29) is 11.8 Å². The zero-order valence-corrected chi connectivity index (χ0v) is 8.83. The number of rotatable bonds is 2. The van der Waals surface area contributed by atoms with Crippen LogP contribution >= 0.6 is 0 Å². The molecule has 4 heteroatoms. The van der Waals surface area contributed by atoms with Crippen LogP contribution in [0, 0.1) is 5.92 Å². The average molecular weight is 230 g/mol. The molecule has 0 spiro atoms. The first-order valence-corrected chi connectivity index (χ1v) is 5.25. The highest BCUT2D eigenvalue weighted by molar-refractivity contribution is 5.32. The summed E-state index contributed by atoms with van der Waals surface area (Å²) in [4.78, 5) is 0. The number of hydrogen-bond acceptors (Lipinski definition) is 1. The monoisotopic (exact) mass is 230 g/mol. The van der Waals surface area contributed by atoms with Gasteiger partial charge in [-0.05, 0) is 36.8 Å². The van der Waals surface area contributed by atoms with E-state index in [0.29, 0.717) is 5.56 Å². The van der Waals surface area contributed by atoms with E-state index in [1.54, 1.807) is 13.0 Å². The van der Waals surface area contributed by atoms with Crippen molar-refractivity contribution in [3.05, 3.63) is 35.4 Å². The lowest BCUT2D eigenvalue weighted by Gasteiger charge is -2.09. The van der Waals surface area contributed by atoms with Crippen LogP contribution < -0.4 is 0 Å². The topological polar surface area (TPSA) is 20.2 Å². The summed E-state index contributed by atoms with van der Waals surface area (Å²) >= 11 is 0. The van der Waals surface area contributed by atoms with Crippen molar-refractivity contribution in [2.45, 2.75) is 31.5 Å². The lowest BCUT2D eigenvalue weighted by molar-refractivity contribution is -0.137. The fourth-order valence-corrected chi connectivity index (χ4v) is 2.08. The van der Waals surface area contributed by atoms with Gasteiger partial charge in [0.15, 0.2) is 0 Å². The van der Waals surface area contributed by atoms with E-state index < -0.39 is 17.8 Å². The summed E-state index contributed by atoms with van der Waals surface area (Å²) in [6, 6.07) is 5.38. The Balaban J connectivity index is 2.19. The number of benzene rings is 1. The van der Waals surface area contributed by atoms with E-state index in [0.717, 1.165) is 12.5 Å². The molecule has 1 N–H and O–H groups in total. The van der Waals surface area contributed by atoms with Gasteiger partial charge in [0.2, 0.25) is 0 Å². The van der Waals surface area contributed by atoms with Crippen molar-refractivity contribution in [2.75, 3.05) is 0 Å². The fourth-order valence-electron chi connectivity index (χ4n) is 2.08. The molecule has 1 aliphatic rings. The Morgan fingerprint density at radius 1 is 1.38 bits per heavy atom. The molecule has 3 atom stereocenters. The predicted molar refractivity (Wildman–Crippen MR) is 54.0 cm³/mol. The molecule has 0 unspecified atom stereocenters. The zero-order valence-electron chi connectivity index (χ0n) is 8.83. The highest BCUT2D eigenvalue weighted by Gasteiger charge is 2.42. The Morgan fingerprint density at radius 2 is 2.06 bits per heavy atom. The molecule has 1 aliphatic carbocycles. The van der Waals surface area contributed by atoms with Crippen molar-refractivity contribution in [3.8, 4) is 0 Å². The third-order valence-electron chi connectivity index (χ3n) is 3.10. The number of aliphatic hydroxyl groups is 1. The van der Waals surface area contributed by atoms with Crippen LogP contribution in [0.2, 0.25) is 0 Å². The van der Waals surface area contributed by atoms with Crippen molar-refractivity contribution in [2.24, 2.45) is 5.92 Å². The third kappa shape index (κ3) is 2.21. The van der Waals surface area contributed by atoms with E-state index in [1.165, 1.54) is 12.1 Å². The Hall–Kier alpha value is -1.03. The van der Waals surface area contributed by atoms with E-state index in [4.69, 9.17) is 0 Å². The van der Waals surface area contributed by atoms with Crippen LogP contribution in [0.25, 0.3) is 0 Å². The molecule has 88 valence electrons. The maximum Gasteiger partial charge on any atom is 0.416 e. The van der Waals surface area contributed by atoms with Crippen molar-refractivity contribution < 1.29 is 18.3 Å². The van der Waals surface area contributed by atoms with Crippen LogP contribution in [-0.4, -0.2) is 11.2 Å². The van der Waals surface area contributed by atoms with Crippen LogP contribution in [0.1, 0.15) is 30.4 Å². The molecule has 0 saturated heterocycles. The zero-order chi connectivity index (χ0) is 11.9. The Kier molecular flexibility index (Phi) is 2.70. The summed E-state index contributed by atoms with van der Waals surface area (Å²) in [5.41, 5.74) is 0.0713. The molecule has 1 saturated carbocycles. The van der Waals surface area contributed by atoms with Gasteiger partial charge in [0.25, 0.3) is 0 Å². The normalized spacial score (nSPS) is 26.6. The van der Waals surface area contributed by atoms with E-state index in [9.17, 15) is 18.3 Å². The first-order valence-electron chi connectivity index (χ1n) is 5.25. The minimum absolute atomic E-state index is 0.0855. The summed E-state index contributed by atoms with van der Waals surface area (Å²) in [5.74, 6) is 0.200. The molecular weight excluding hydrogens is 217 g/mol. The molecule has 0 aliphatic heterocycles. The summed E-state index contributed by atoms with van der Waals surface area (Å²) < 4.78 is 37.4. The van der Waals surface area contributed by atoms with Gasteiger partial charge in [-0.15, -0.1) is 0 Å². The van der Waals surface area contributed by atoms with Gasteiger partial charge in [0.1, 0.15) is 0 Å². The molecule has 1 aromatic carbocycles. The maximum absolute atomic E-state index is 12.5. The van der Waals surface area contributed by atoms with Crippen LogP contribution in [0.4, 0.5) is 13.2 Å². The molecule has 0 bridgehead atoms. The fraction of sp³-hybridized carbons (Fsp3) is 0.500. The molecule has 16 heavy (non-hydrogen) atoms. The summed E-state index contributed by atoms with van der Waals surface area (Å²) in [7, 11) is 0. The minimum Gasteiger partial charge on any atom is -0.393 e. The molecular formula is C12H13F3O. The molecule has 0 amide bonds. The molecule has 2 rings (SSSR count).